The Bertz CT molecular complexity index is 879. The van der Waals surface area contributed by atoms with Gasteiger partial charge in [0.1, 0.15) is 17.3 Å². The van der Waals surface area contributed by atoms with Crippen molar-refractivity contribution in [1.82, 2.24) is 19.5 Å². The van der Waals surface area contributed by atoms with Crippen LogP contribution in [0.3, 0.4) is 0 Å². The number of ether oxygens (including phenoxy) is 1. The number of rotatable bonds is 2. The number of hydrogen-bond donors (Lipinski definition) is 1. The van der Waals surface area contributed by atoms with Gasteiger partial charge in [0, 0.05) is 18.7 Å². The van der Waals surface area contributed by atoms with Gasteiger partial charge in [-0.1, -0.05) is 11.6 Å². The summed E-state index contributed by atoms with van der Waals surface area (Å²) in [6.07, 6.45) is -0.953. The van der Waals surface area contributed by atoms with Crippen LogP contribution in [0, 0.1) is 0 Å². The van der Waals surface area contributed by atoms with Crippen molar-refractivity contribution in [2.45, 2.75) is 45.0 Å². The topological polar surface area (TPSA) is 97.0 Å². The summed E-state index contributed by atoms with van der Waals surface area (Å²) in [6.45, 7) is 4.90. The molecule has 140 valence electrons. The number of amides is 1. The quantitative estimate of drug-likeness (QED) is 0.854. The van der Waals surface area contributed by atoms with E-state index in [0.29, 0.717) is 5.65 Å². The van der Waals surface area contributed by atoms with E-state index in [1.54, 1.807) is 20.8 Å². The number of carbonyl (C=O) groups is 2. The first kappa shape index (κ1) is 18.4. The number of carbonyl (C=O) groups excluding carboxylic acids is 1. The molecule has 0 saturated carbocycles. The normalized spacial score (nSPS) is 20.6. The summed E-state index contributed by atoms with van der Waals surface area (Å²) >= 11 is 5.91. The Morgan fingerprint density at radius 2 is 2.12 bits per heavy atom. The summed E-state index contributed by atoms with van der Waals surface area (Å²) in [4.78, 5) is 29.4. The molecular formula is C16H18ClFN4O4. The van der Waals surface area contributed by atoms with E-state index >= 15 is 0 Å². The monoisotopic (exact) mass is 384 g/mol. The third kappa shape index (κ3) is 3.44. The van der Waals surface area contributed by atoms with Crippen LogP contribution in [0.4, 0.5) is 9.18 Å². The van der Waals surface area contributed by atoms with Crippen molar-refractivity contribution in [2.24, 2.45) is 0 Å². The summed E-state index contributed by atoms with van der Waals surface area (Å²) in [5.74, 6) is -1.26. The van der Waals surface area contributed by atoms with Crippen LogP contribution < -0.4 is 0 Å². The van der Waals surface area contributed by atoms with Crippen LogP contribution in [0.5, 0.6) is 0 Å². The second kappa shape index (κ2) is 6.39. The van der Waals surface area contributed by atoms with Gasteiger partial charge in [-0.15, -0.1) is 0 Å². The molecule has 0 aromatic carbocycles. The largest absolute Gasteiger partial charge is 0.478 e. The minimum absolute atomic E-state index is 0.0733. The highest BCUT2D eigenvalue weighted by Crippen LogP contribution is 2.36. The average molecular weight is 385 g/mol. The van der Waals surface area contributed by atoms with Gasteiger partial charge in [-0.05, 0) is 20.8 Å². The Balaban J connectivity index is 2.12. The zero-order valence-electron chi connectivity index (χ0n) is 14.4. The van der Waals surface area contributed by atoms with Crippen molar-refractivity contribution in [3.05, 3.63) is 28.7 Å². The lowest BCUT2D eigenvalue weighted by molar-refractivity contribution is 0.0209. The molecule has 1 amide bonds. The van der Waals surface area contributed by atoms with Crippen molar-refractivity contribution >= 4 is 29.3 Å². The van der Waals surface area contributed by atoms with Gasteiger partial charge < -0.3 is 9.84 Å². The Hall–Kier alpha value is -2.42. The van der Waals surface area contributed by atoms with Crippen molar-refractivity contribution in [3.8, 4) is 0 Å². The summed E-state index contributed by atoms with van der Waals surface area (Å²) in [6, 6.07) is 0.587. The first-order chi connectivity index (χ1) is 12.1. The smallest absolute Gasteiger partial charge is 0.410 e. The highest BCUT2D eigenvalue weighted by Gasteiger charge is 2.41. The molecule has 1 fully saturated rings. The molecule has 0 bridgehead atoms. The predicted molar refractivity (Wildman–Crippen MR) is 90.2 cm³/mol. The molecule has 26 heavy (non-hydrogen) atoms. The van der Waals surface area contributed by atoms with E-state index in [-0.39, 0.29) is 29.4 Å². The van der Waals surface area contributed by atoms with E-state index in [4.69, 9.17) is 16.3 Å². The molecule has 2 aromatic heterocycles. The molecule has 10 heteroatoms. The summed E-state index contributed by atoms with van der Waals surface area (Å²) < 4.78 is 20.8. The molecule has 2 atom stereocenters. The first-order valence-corrected chi connectivity index (χ1v) is 8.36. The molecule has 3 heterocycles. The molecule has 0 unspecified atom stereocenters. The molecule has 3 rings (SSSR count). The molecule has 1 N–H and O–H groups in total. The summed E-state index contributed by atoms with van der Waals surface area (Å²) in [5, 5.41) is 13.7. The number of halogens is 2. The molecule has 0 radical (unpaired) electrons. The van der Waals surface area contributed by atoms with E-state index < -0.39 is 29.9 Å². The number of aromatic nitrogens is 3. The van der Waals surface area contributed by atoms with Gasteiger partial charge in [0.25, 0.3) is 0 Å². The molecule has 2 aromatic rings. The van der Waals surface area contributed by atoms with Crippen LogP contribution in [-0.4, -0.2) is 55.0 Å². The molecular weight excluding hydrogens is 367 g/mol. The highest BCUT2D eigenvalue weighted by molar-refractivity contribution is 6.29. The molecule has 0 aliphatic carbocycles. The Morgan fingerprint density at radius 1 is 1.42 bits per heavy atom. The lowest BCUT2D eigenvalue weighted by atomic mass is 10.1. The van der Waals surface area contributed by atoms with E-state index in [1.807, 2.05) is 0 Å². The fourth-order valence-corrected chi connectivity index (χ4v) is 3.15. The lowest BCUT2D eigenvalue weighted by Gasteiger charge is -2.29. The fourth-order valence-electron chi connectivity index (χ4n) is 2.98. The van der Waals surface area contributed by atoms with Crippen molar-refractivity contribution < 1.29 is 23.8 Å². The van der Waals surface area contributed by atoms with Crippen LogP contribution in [0.1, 0.15) is 49.3 Å². The van der Waals surface area contributed by atoms with Gasteiger partial charge in [0.05, 0.1) is 18.3 Å². The third-order valence-corrected chi connectivity index (χ3v) is 4.10. The molecule has 1 saturated heterocycles. The number of fused-ring (bicyclic) bond motifs is 1. The Kier molecular flexibility index (Phi) is 4.51. The highest BCUT2D eigenvalue weighted by atomic mass is 35.5. The van der Waals surface area contributed by atoms with Gasteiger partial charge in [-0.2, -0.15) is 5.10 Å². The van der Waals surface area contributed by atoms with E-state index in [0.717, 1.165) is 6.20 Å². The van der Waals surface area contributed by atoms with Gasteiger partial charge >= 0.3 is 12.1 Å². The molecule has 0 spiro atoms. The molecule has 1 aliphatic rings. The number of carboxylic acid groups (broad SMARTS) is 1. The molecule has 8 nitrogen and oxygen atoms in total. The second-order valence-electron chi connectivity index (χ2n) is 7.08. The van der Waals surface area contributed by atoms with Crippen molar-refractivity contribution in [3.63, 3.8) is 0 Å². The standard InChI is InChI=1S/C16H18ClFN4O4/c1-16(2,3)26-15(25)21-7-8(18)4-10(21)13-9(14(23)24)6-19-12-5-11(17)20-22(12)13/h5-6,8,10H,4,7H2,1-3H3,(H,23,24)/t8-,10-/m0/s1. The minimum Gasteiger partial charge on any atom is -0.478 e. The SMILES string of the molecule is CC(C)(C)OC(=O)N1C[C@@H](F)C[C@H]1c1c(C(=O)O)cnc2cc(Cl)nn12. The van der Waals surface area contributed by atoms with Crippen molar-refractivity contribution in [1.29, 1.82) is 0 Å². The summed E-state index contributed by atoms with van der Waals surface area (Å²) in [7, 11) is 0. The maximum Gasteiger partial charge on any atom is 0.410 e. The number of alkyl halides is 1. The summed E-state index contributed by atoms with van der Waals surface area (Å²) in [5.41, 5.74) is -0.499. The second-order valence-corrected chi connectivity index (χ2v) is 7.47. The van der Waals surface area contributed by atoms with Crippen LogP contribution in [0.2, 0.25) is 5.15 Å². The van der Waals surface area contributed by atoms with Gasteiger partial charge in [0.2, 0.25) is 0 Å². The zero-order chi connectivity index (χ0) is 19.2. The first-order valence-electron chi connectivity index (χ1n) is 7.98. The third-order valence-electron chi connectivity index (χ3n) is 3.91. The van der Waals surface area contributed by atoms with Gasteiger partial charge in [-0.25, -0.2) is 23.5 Å². The van der Waals surface area contributed by atoms with Crippen molar-refractivity contribution in [2.75, 3.05) is 6.54 Å². The number of likely N-dealkylation sites (tertiary alicyclic amines) is 1. The Morgan fingerprint density at radius 3 is 2.73 bits per heavy atom. The number of carboxylic acids is 1. The average Bonchev–Trinajstić information content (AvgIpc) is 3.05. The Labute approximate surface area is 153 Å². The maximum atomic E-state index is 14.2. The van der Waals surface area contributed by atoms with Gasteiger partial charge in [0.15, 0.2) is 10.8 Å². The minimum atomic E-state index is -1.32. The predicted octanol–water partition coefficient (Wildman–Crippen LogP) is 3.10. The van der Waals surface area contributed by atoms with E-state index in [1.165, 1.54) is 15.5 Å². The van der Waals surface area contributed by atoms with Gasteiger partial charge in [-0.3, -0.25) is 4.90 Å². The number of aromatic carboxylic acids is 1. The van der Waals surface area contributed by atoms with E-state index in [2.05, 4.69) is 10.1 Å². The zero-order valence-corrected chi connectivity index (χ0v) is 15.2. The van der Waals surface area contributed by atoms with E-state index in [9.17, 15) is 19.1 Å². The molecule has 1 aliphatic heterocycles. The fraction of sp³-hybridized carbons (Fsp3) is 0.500. The lowest BCUT2D eigenvalue weighted by Crippen LogP contribution is -2.38. The van der Waals surface area contributed by atoms with Crippen LogP contribution in [0.15, 0.2) is 12.3 Å². The maximum absolute atomic E-state index is 14.2. The number of nitrogens with zero attached hydrogens (tertiary/aromatic N) is 4. The number of hydrogen-bond acceptors (Lipinski definition) is 5. The van der Waals surface area contributed by atoms with Crippen LogP contribution >= 0.6 is 11.6 Å². The van der Waals surface area contributed by atoms with Crippen LogP contribution in [0.25, 0.3) is 5.65 Å². The van der Waals surface area contributed by atoms with Crippen LogP contribution in [-0.2, 0) is 4.74 Å².